The molecule has 5 heteroatoms. The molecule has 0 fully saturated rings. The van der Waals surface area contributed by atoms with Gasteiger partial charge in [0.25, 0.3) is 0 Å². The van der Waals surface area contributed by atoms with Gasteiger partial charge in [-0.05, 0) is 12.5 Å². The van der Waals surface area contributed by atoms with Crippen LogP contribution in [0.15, 0.2) is 24.5 Å². The summed E-state index contributed by atoms with van der Waals surface area (Å²) in [5.41, 5.74) is 1.45. The molecule has 0 amide bonds. The van der Waals surface area contributed by atoms with Crippen molar-refractivity contribution in [1.82, 2.24) is 0 Å². The Morgan fingerprint density at radius 3 is 2.35 bits per heavy atom. The predicted octanol–water partition coefficient (Wildman–Crippen LogP) is 1.50. The van der Waals surface area contributed by atoms with Crippen molar-refractivity contribution in [2.75, 3.05) is 6.26 Å². The lowest BCUT2D eigenvalue weighted by Gasteiger charge is -1.97. The van der Waals surface area contributed by atoms with Crippen LogP contribution >= 0.6 is 0 Å². The van der Waals surface area contributed by atoms with Crippen LogP contribution in [0.5, 0.6) is 0 Å². The maximum absolute atomic E-state index is 9.08. The Morgan fingerprint density at radius 2 is 1.88 bits per heavy atom. The van der Waals surface area contributed by atoms with Gasteiger partial charge in [-0.3, -0.25) is 0 Å². The molecule has 0 atom stereocenters. The Morgan fingerprint density at radius 1 is 1.29 bits per heavy atom. The Hall–Kier alpha value is -0.940. The molecule has 1 aromatic heterocycles. The maximum atomic E-state index is 9.08. The molecule has 0 saturated carbocycles. The number of pyridine rings is 1. The second-order valence-corrected chi connectivity index (χ2v) is 5.31. The average Bonchev–Trinajstić information content (AvgIpc) is 2.16. The van der Waals surface area contributed by atoms with Gasteiger partial charge in [-0.2, -0.15) is 0 Å². The van der Waals surface area contributed by atoms with E-state index >= 15 is 0 Å². The fourth-order valence-electron chi connectivity index (χ4n) is 1.41. The van der Waals surface area contributed by atoms with Crippen LogP contribution in [0, 0.1) is 0 Å². The van der Waals surface area contributed by atoms with E-state index in [2.05, 4.69) is 42.9 Å². The van der Waals surface area contributed by atoms with Crippen LogP contribution in [0.25, 0.3) is 0 Å². The molecule has 4 nitrogen and oxygen atoms in total. The Labute approximate surface area is 104 Å². The highest BCUT2D eigenvalue weighted by molar-refractivity contribution is 7.84. The first kappa shape index (κ1) is 16.1. The van der Waals surface area contributed by atoms with Crippen LogP contribution in [-0.2, 0) is 23.1 Å². The molecule has 0 unspecified atom stereocenters. The standard InChI is InChI=1S/C11H18N.CH4O3S/c1-3-6-11-7-5-9-12(10-11)8-4-2;1-5(2,3)4/h5,7,9-10H,3-4,6,8H2,1-2H3;1H3,(H,2,3,4)/q+1;/p-1. The van der Waals surface area contributed by atoms with E-state index < -0.39 is 10.1 Å². The van der Waals surface area contributed by atoms with Crippen molar-refractivity contribution in [2.24, 2.45) is 0 Å². The largest absolute Gasteiger partial charge is 0.748 e. The van der Waals surface area contributed by atoms with Crippen LogP contribution in [-0.4, -0.2) is 19.2 Å². The molecule has 0 aliphatic rings. The van der Waals surface area contributed by atoms with Gasteiger partial charge in [-0.1, -0.05) is 20.3 Å². The summed E-state index contributed by atoms with van der Waals surface area (Å²) in [6.45, 7) is 5.56. The third kappa shape index (κ3) is 11.3. The Balaban J connectivity index is 0.000000437. The fourth-order valence-corrected chi connectivity index (χ4v) is 1.41. The Kier molecular flexibility index (Phi) is 7.74. The molecule has 0 aromatic carbocycles. The van der Waals surface area contributed by atoms with E-state index in [-0.39, 0.29) is 0 Å². The van der Waals surface area contributed by atoms with Gasteiger partial charge in [0.1, 0.15) is 6.54 Å². The molecule has 0 spiro atoms. The quantitative estimate of drug-likeness (QED) is 0.608. The van der Waals surface area contributed by atoms with Crippen molar-refractivity contribution in [3.8, 4) is 0 Å². The second kappa shape index (κ2) is 8.20. The average molecular weight is 259 g/mol. The zero-order valence-electron chi connectivity index (χ0n) is 10.7. The minimum Gasteiger partial charge on any atom is -0.748 e. The topological polar surface area (TPSA) is 61.1 Å². The highest BCUT2D eigenvalue weighted by atomic mass is 32.2. The van der Waals surface area contributed by atoms with Crippen molar-refractivity contribution in [3.63, 3.8) is 0 Å². The summed E-state index contributed by atoms with van der Waals surface area (Å²) in [5, 5.41) is 0. The van der Waals surface area contributed by atoms with Crippen molar-refractivity contribution in [2.45, 2.75) is 39.7 Å². The van der Waals surface area contributed by atoms with Gasteiger partial charge in [-0.15, -0.1) is 0 Å². The first-order valence-corrected chi connectivity index (χ1v) is 7.57. The summed E-state index contributed by atoms with van der Waals surface area (Å²) in [5.74, 6) is 0. The van der Waals surface area contributed by atoms with E-state index in [1.165, 1.54) is 24.8 Å². The molecule has 1 aromatic rings. The molecule has 0 saturated heterocycles. The molecule has 98 valence electrons. The van der Waals surface area contributed by atoms with Crippen molar-refractivity contribution < 1.29 is 17.5 Å². The van der Waals surface area contributed by atoms with Crippen molar-refractivity contribution in [1.29, 1.82) is 0 Å². The maximum Gasteiger partial charge on any atom is 0.171 e. The zero-order chi connectivity index (χ0) is 13.3. The third-order valence-corrected chi connectivity index (χ3v) is 1.94. The molecule has 0 bridgehead atoms. The second-order valence-electron chi connectivity index (χ2n) is 3.90. The van der Waals surface area contributed by atoms with Gasteiger partial charge in [0.2, 0.25) is 0 Å². The van der Waals surface area contributed by atoms with Crippen LogP contribution in [0.4, 0.5) is 0 Å². The summed E-state index contributed by atoms with van der Waals surface area (Å²) < 4.78 is 29.5. The lowest BCUT2D eigenvalue weighted by atomic mass is 10.2. The highest BCUT2D eigenvalue weighted by Gasteiger charge is 1.99. The summed E-state index contributed by atoms with van der Waals surface area (Å²) >= 11 is 0. The third-order valence-electron chi connectivity index (χ3n) is 1.94. The number of hydrogen-bond acceptors (Lipinski definition) is 3. The number of hydrogen-bond donors (Lipinski definition) is 0. The predicted molar refractivity (Wildman–Crippen MR) is 66.5 cm³/mol. The Bertz CT molecular complexity index is 386. The van der Waals surface area contributed by atoms with Crippen LogP contribution in [0.3, 0.4) is 0 Å². The van der Waals surface area contributed by atoms with Gasteiger partial charge in [0.15, 0.2) is 12.4 Å². The zero-order valence-corrected chi connectivity index (χ0v) is 11.5. The van der Waals surface area contributed by atoms with Crippen molar-refractivity contribution >= 4 is 10.1 Å². The molecule has 0 aliphatic heterocycles. The van der Waals surface area contributed by atoms with E-state index in [0.29, 0.717) is 6.26 Å². The van der Waals surface area contributed by atoms with E-state index in [1.54, 1.807) is 0 Å². The minimum atomic E-state index is -3.92. The molecular formula is C12H21NO3S. The molecule has 1 rings (SSSR count). The highest BCUT2D eigenvalue weighted by Crippen LogP contribution is 1.98. The minimum absolute atomic E-state index is 0.604. The van der Waals surface area contributed by atoms with Gasteiger partial charge < -0.3 is 4.55 Å². The number of aromatic nitrogens is 1. The normalized spacial score (nSPS) is 10.6. The molecule has 0 aliphatic carbocycles. The van der Waals surface area contributed by atoms with Crippen LogP contribution in [0.1, 0.15) is 32.3 Å². The summed E-state index contributed by atoms with van der Waals surface area (Å²) in [7, 11) is -3.92. The first-order valence-electron chi connectivity index (χ1n) is 5.75. The van der Waals surface area contributed by atoms with Gasteiger partial charge in [0.05, 0.1) is 10.1 Å². The molecular weight excluding hydrogens is 238 g/mol. The summed E-state index contributed by atoms with van der Waals surface area (Å²) in [6.07, 6.45) is 8.64. The molecule has 0 radical (unpaired) electrons. The lowest BCUT2D eigenvalue weighted by Crippen LogP contribution is -2.32. The SMILES string of the molecule is CCCc1ccc[n+](CCC)c1.CS(=O)(=O)[O-]. The van der Waals surface area contributed by atoms with E-state index in [4.69, 9.17) is 13.0 Å². The summed E-state index contributed by atoms with van der Waals surface area (Å²) in [6, 6.07) is 4.34. The summed E-state index contributed by atoms with van der Waals surface area (Å²) in [4.78, 5) is 0. The first-order chi connectivity index (χ1) is 7.86. The van der Waals surface area contributed by atoms with E-state index in [1.807, 2.05) is 0 Å². The van der Waals surface area contributed by atoms with Gasteiger partial charge in [0, 0.05) is 24.3 Å². The lowest BCUT2D eigenvalue weighted by molar-refractivity contribution is -0.697. The number of aryl methyl sites for hydroxylation is 2. The van der Waals surface area contributed by atoms with Crippen LogP contribution in [0.2, 0.25) is 0 Å². The monoisotopic (exact) mass is 259 g/mol. The smallest absolute Gasteiger partial charge is 0.171 e. The van der Waals surface area contributed by atoms with Gasteiger partial charge >= 0.3 is 0 Å². The van der Waals surface area contributed by atoms with E-state index in [0.717, 1.165) is 6.54 Å². The molecule has 17 heavy (non-hydrogen) atoms. The molecule has 1 heterocycles. The number of rotatable bonds is 4. The van der Waals surface area contributed by atoms with E-state index in [9.17, 15) is 0 Å². The van der Waals surface area contributed by atoms with Gasteiger partial charge in [-0.25, -0.2) is 13.0 Å². The van der Waals surface area contributed by atoms with Crippen molar-refractivity contribution in [3.05, 3.63) is 30.1 Å². The number of nitrogens with zero attached hydrogens (tertiary/aromatic N) is 1. The fraction of sp³-hybridized carbons (Fsp3) is 0.583. The molecule has 0 N–H and O–H groups in total. The van der Waals surface area contributed by atoms with Crippen LogP contribution < -0.4 is 4.57 Å².